The van der Waals surface area contributed by atoms with E-state index in [1.54, 1.807) is 19.1 Å². The number of nitrogens with zero attached hydrogens (tertiary/aromatic N) is 2. The van der Waals surface area contributed by atoms with E-state index in [-0.39, 0.29) is 42.5 Å². The number of carbonyl (C=O) groups excluding carboxylic acids is 2. The fourth-order valence-corrected chi connectivity index (χ4v) is 12.4. The summed E-state index contributed by atoms with van der Waals surface area (Å²) in [7, 11) is 1.82. The van der Waals surface area contributed by atoms with Crippen LogP contribution in [-0.2, 0) is 31.0 Å². The van der Waals surface area contributed by atoms with Gasteiger partial charge in [0.05, 0.1) is 31.6 Å². The Bertz CT molecular complexity index is 1580. The summed E-state index contributed by atoms with van der Waals surface area (Å²) in [5.74, 6) is 0.158. The van der Waals surface area contributed by atoms with Crippen LogP contribution >= 0.6 is 0 Å². The summed E-state index contributed by atoms with van der Waals surface area (Å²) < 4.78 is 35.0. The minimum atomic E-state index is -3.76. The highest BCUT2D eigenvalue weighted by Gasteiger charge is 2.57. The van der Waals surface area contributed by atoms with E-state index in [1.807, 2.05) is 32.3 Å². The molecule has 5 aliphatic carbocycles. The maximum atomic E-state index is 14.2. The lowest BCUT2D eigenvalue weighted by atomic mass is 9.45. The number of benzene rings is 1. The fraction of sp³-hybridized carbons (Fsp3) is 0.800. The molecule has 0 radical (unpaired) electrons. The first-order valence-electron chi connectivity index (χ1n) is 20.0. The number of methoxy groups -OCH3 is 1. The monoisotopic (exact) mass is 760 g/mol. The smallest absolute Gasteiger partial charge is 0.240 e. The first-order chi connectivity index (χ1) is 25.1. The predicted octanol–water partition coefficient (Wildman–Crippen LogP) is 3.95. The molecule has 7 rings (SSSR count). The molecule has 12 nitrogen and oxygen atoms in total. The third-order valence-corrected chi connectivity index (χ3v) is 16.0. The van der Waals surface area contributed by atoms with E-state index in [4.69, 9.17) is 9.57 Å². The van der Waals surface area contributed by atoms with Gasteiger partial charge in [-0.15, -0.1) is 0 Å². The largest absolute Gasteiger partial charge is 0.496 e. The van der Waals surface area contributed by atoms with E-state index < -0.39 is 51.3 Å². The van der Waals surface area contributed by atoms with Crippen molar-refractivity contribution in [2.75, 3.05) is 27.8 Å². The number of aliphatic hydroxyl groups is 2. The van der Waals surface area contributed by atoms with Gasteiger partial charge in [-0.3, -0.25) is 19.1 Å². The van der Waals surface area contributed by atoms with E-state index in [9.17, 15) is 28.2 Å². The number of amides is 2. The number of sulfonamides is 1. The molecule has 0 spiro atoms. The summed E-state index contributed by atoms with van der Waals surface area (Å²) in [4.78, 5) is 36.3. The molecule has 3 unspecified atom stereocenters. The normalized spacial score (nSPS) is 35.4. The lowest BCUT2D eigenvalue weighted by Gasteiger charge is -2.62. The molecule has 298 valence electrons. The average molecular weight is 761 g/mol. The van der Waals surface area contributed by atoms with Gasteiger partial charge in [-0.25, -0.2) is 8.42 Å². The Balaban J connectivity index is 1.23. The molecule has 0 aromatic heterocycles. The maximum absolute atomic E-state index is 14.2. The lowest BCUT2D eigenvalue weighted by Crippen LogP contribution is -2.62. The van der Waals surface area contributed by atoms with Crippen LogP contribution in [0.4, 0.5) is 0 Å². The van der Waals surface area contributed by atoms with Gasteiger partial charge in [0.15, 0.2) is 0 Å². The Labute approximate surface area is 316 Å². The SMILES string of the molecule is COc1c(CN2O[C@@H](CO)[C@@H]([C@H](C)O)[C@H]2C(=O)N[C@H]2C[C@H]3C[C@@H]([C@@H]2C)C3(C)C)cccc1C1CC(C(=O)NS(=O)(=O)C2CCCCC2)CC(N(C)C)C1. The quantitative estimate of drug-likeness (QED) is 0.246. The van der Waals surface area contributed by atoms with Crippen LogP contribution in [0.15, 0.2) is 18.2 Å². The van der Waals surface area contributed by atoms with Crippen LogP contribution in [0.5, 0.6) is 5.75 Å². The number of ether oxygens (including phenoxy) is 1. The number of para-hydroxylation sites is 1. The zero-order chi connectivity index (χ0) is 38.4. The third-order valence-electron chi connectivity index (χ3n) is 14.2. The van der Waals surface area contributed by atoms with Crippen molar-refractivity contribution in [2.45, 2.75) is 140 Å². The molecule has 13 heteroatoms. The van der Waals surface area contributed by atoms with Crippen LogP contribution in [0.1, 0.15) is 109 Å². The Morgan fingerprint density at radius 1 is 1.08 bits per heavy atom. The Morgan fingerprint density at radius 2 is 1.79 bits per heavy atom. The molecule has 2 bridgehead atoms. The Hall–Kier alpha value is -2.29. The molecule has 1 heterocycles. The van der Waals surface area contributed by atoms with Crippen LogP contribution < -0.4 is 14.8 Å². The molecule has 5 saturated carbocycles. The van der Waals surface area contributed by atoms with E-state index in [1.165, 1.54) is 6.42 Å². The number of aliphatic hydroxyl groups excluding tert-OH is 2. The van der Waals surface area contributed by atoms with Crippen LogP contribution in [0, 0.1) is 35.0 Å². The van der Waals surface area contributed by atoms with Gasteiger partial charge >= 0.3 is 0 Å². The zero-order valence-electron chi connectivity index (χ0n) is 32.8. The molecule has 2 amide bonds. The maximum Gasteiger partial charge on any atom is 0.240 e. The van der Waals surface area contributed by atoms with Gasteiger partial charge in [0, 0.05) is 29.5 Å². The summed E-state index contributed by atoms with van der Waals surface area (Å²) in [6.45, 7) is 8.34. The van der Waals surface area contributed by atoms with Crippen LogP contribution in [-0.4, -0.2) is 104 Å². The topological polar surface area (TPSA) is 158 Å². The van der Waals surface area contributed by atoms with Crippen molar-refractivity contribution in [3.05, 3.63) is 29.3 Å². The fourth-order valence-electron chi connectivity index (χ4n) is 10.8. The highest BCUT2D eigenvalue weighted by atomic mass is 32.2. The minimum Gasteiger partial charge on any atom is -0.496 e. The molecule has 6 fully saturated rings. The molecule has 1 saturated heterocycles. The van der Waals surface area contributed by atoms with Gasteiger partial charge in [-0.05, 0) is 101 Å². The first-order valence-corrected chi connectivity index (χ1v) is 21.5. The second kappa shape index (κ2) is 16.1. The number of fused-ring (bicyclic) bond motifs is 2. The highest BCUT2D eigenvalue weighted by Crippen LogP contribution is 2.61. The number of nitrogens with one attached hydrogen (secondary N) is 2. The molecular weight excluding hydrogens is 697 g/mol. The van der Waals surface area contributed by atoms with Crippen molar-refractivity contribution >= 4 is 21.8 Å². The Kier molecular flexibility index (Phi) is 12.2. The minimum absolute atomic E-state index is 0.0283. The number of hydrogen-bond acceptors (Lipinski definition) is 10. The lowest BCUT2D eigenvalue weighted by molar-refractivity contribution is -0.183. The van der Waals surface area contributed by atoms with Crippen molar-refractivity contribution < 1.29 is 37.8 Å². The van der Waals surface area contributed by atoms with Gasteiger partial charge in [0.25, 0.3) is 0 Å². The number of hydrogen-bond donors (Lipinski definition) is 4. The molecule has 1 aromatic rings. The van der Waals surface area contributed by atoms with E-state index in [0.29, 0.717) is 49.2 Å². The van der Waals surface area contributed by atoms with Crippen molar-refractivity contribution in [3.8, 4) is 5.75 Å². The van der Waals surface area contributed by atoms with Crippen LogP contribution in [0.25, 0.3) is 0 Å². The van der Waals surface area contributed by atoms with Crippen molar-refractivity contribution in [2.24, 2.45) is 35.0 Å². The zero-order valence-corrected chi connectivity index (χ0v) is 33.6. The molecule has 11 atom stereocenters. The van der Waals surface area contributed by atoms with E-state index >= 15 is 0 Å². The van der Waals surface area contributed by atoms with Crippen LogP contribution in [0.3, 0.4) is 0 Å². The summed E-state index contributed by atoms with van der Waals surface area (Å²) in [6, 6.07) is 5.09. The number of carbonyl (C=O) groups is 2. The van der Waals surface area contributed by atoms with Crippen molar-refractivity contribution in [3.63, 3.8) is 0 Å². The summed E-state index contributed by atoms with van der Waals surface area (Å²) in [5, 5.41) is 25.7. The molecule has 6 aliphatic rings. The molecular formula is C40H64N4O8S. The third kappa shape index (κ3) is 8.03. The number of hydroxylamine groups is 2. The van der Waals surface area contributed by atoms with Crippen LogP contribution in [0.2, 0.25) is 0 Å². The summed E-state index contributed by atoms with van der Waals surface area (Å²) in [6.07, 6.45) is 6.12. The summed E-state index contributed by atoms with van der Waals surface area (Å²) >= 11 is 0. The van der Waals surface area contributed by atoms with E-state index in [2.05, 4.69) is 35.7 Å². The van der Waals surface area contributed by atoms with Gasteiger partial charge < -0.3 is 25.2 Å². The highest BCUT2D eigenvalue weighted by molar-refractivity contribution is 7.90. The van der Waals surface area contributed by atoms with Crippen molar-refractivity contribution in [1.82, 2.24) is 20.0 Å². The second-order valence-electron chi connectivity index (χ2n) is 17.8. The first kappa shape index (κ1) is 40.4. The average Bonchev–Trinajstić information content (AvgIpc) is 3.50. The van der Waals surface area contributed by atoms with Crippen molar-refractivity contribution in [1.29, 1.82) is 0 Å². The predicted molar refractivity (Wildman–Crippen MR) is 202 cm³/mol. The van der Waals surface area contributed by atoms with Gasteiger partial charge in [0.2, 0.25) is 21.8 Å². The van der Waals surface area contributed by atoms with Gasteiger partial charge in [-0.2, -0.15) is 5.06 Å². The standard InChI is InChI=1S/C40H64N4O8S/c1-23-32-19-28(40(32,3)4)20-33(23)41-39(48)36-35(24(2)46)34(22-45)52-44(36)21-25-12-11-15-31(37(25)51-7)26-16-27(18-29(17-26)43(5)6)38(47)42-53(49,50)30-13-9-8-10-14-30/h11-12,15,23-24,26-30,32-36,45-46H,8-10,13-14,16-22H2,1-7H3,(H,41,48)(H,42,47)/t23-,24-,26?,27?,28+,29?,32-,33-,34-,35+,36-/m0/s1. The molecule has 4 N–H and O–H groups in total. The Morgan fingerprint density at radius 3 is 2.40 bits per heavy atom. The summed E-state index contributed by atoms with van der Waals surface area (Å²) in [5.41, 5.74) is 1.96. The number of rotatable bonds is 12. The van der Waals surface area contributed by atoms with Gasteiger partial charge in [-0.1, -0.05) is 58.2 Å². The molecule has 53 heavy (non-hydrogen) atoms. The molecule has 1 aliphatic heterocycles. The molecule has 1 aromatic carbocycles. The second-order valence-corrected chi connectivity index (χ2v) is 19.7. The van der Waals surface area contributed by atoms with E-state index in [0.717, 1.165) is 43.2 Å². The van der Waals surface area contributed by atoms with Gasteiger partial charge in [0.1, 0.15) is 17.9 Å².